The average molecular weight is 178 g/mol. The molecule has 70 valence electrons. The van der Waals surface area contributed by atoms with Gasteiger partial charge in [0.1, 0.15) is 5.54 Å². The Kier molecular flexibility index (Phi) is 1.75. The highest BCUT2D eigenvalue weighted by atomic mass is 16.1. The van der Waals surface area contributed by atoms with Crippen LogP contribution >= 0.6 is 0 Å². The fourth-order valence-electron chi connectivity index (χ4n) is 1.77. The van der Waals surface area contributed by atoms with Crippen LogP contribution in [0.15, 0.2) is 18.5 Å². The van der Waals surface area contributed by atoms with E-state index in [1.54, 1.807) is 6.20 Å². The molecule has 3 nitrogen and oxygen atoms in total. The zero-order valence-electron chi connectivity index (χ0n) is 8.03. The van der Waals surface area contributed by atoms with Crippen LogP contribution in [-0.2, 0) is 10.3 Å². The molecule has 1 aliphatic rings. The van der Waals surface area contributed by atoms with Crippen LogP contribution in [0.4, 0.5) is 0 Å². The molecule has 0 spiro atoms. The first-order valence-electron chi connectivity index (χ1n) is 4.71. The van der Waals surface area contributed by atoms with Crippen molar-refractivity contribution in [1.29, 1.82) is 0 Å². The minimum Gasteiger partial charge on any atom is -0.297 e. The lowest BCUT2D eigenvalue weighted by Gasteiger charge is -2.16. The molecule has 0 aromatic carbocycles. The minimum absolute atomic E-state index is 0.103. The standard InChI is InChI=1S/C10H14N2O/c1-8(2)9(13)10(4-5-10)12-7-3-6-11-12/h3,6-8H,4-5H2,1-2H3. The van der Waals surface area contributed by atoms with Gasteiger partial charge in [0, 0.05) is 18.3 Å². The zero-order chi connectivity index (χ0) is 9.47. The topological polar surface area (TPSA) is 34.9 Å². The SMILES string of the molecule is CC(C)C(=O)C1(n2cccn2)CC1. The molecule has 3 heteroatoms. The minimum atomic E-state index is -0.280. The molecule has 1 aromatic rings. The van der Waals surface area contributed by atoms with Crippen LogP contribution in [-0.4, -0.2) is 15.6 Å². The molecule has 1 aliphatic carbocycles. The van der Waals surface area contributed by atoms with E-state index in [4.69, 9.17) is 0 Å². The van der Waals surface area contributed by atoms with Crippen LogP contribution in [0.5, 0.6) is 0 Å². The maximum atomic E-state index is 11.9. The van der Waals surface area contributed by atoms with Gasteiger partial charge >= 0.3 is 0 Å². The summed E-state index contributed by atoms with van der Waals surface area (Å²) in [5, 5.41) is 4.15. The molecule has 0 N–H and O–H groups in total. The molecular weight excluding hydrogens is 164 g/mol. The van der Waals surface area contributed by atoms with E-state index in [9.17, 15) is 4.79 Å². The number of carbonyl (C=O) groups is 1. The quantitative estimate of drug-likeness (QED) is 0.704. The third-order valence-corrected chi connectivity index (χ3v) is 2.65. The van der Waals surface area contributed by atoms with Crippen molar-refractivity contribution in [3.63, 3.8) is 0 Å². The fraction of sp³-hybridized carbons (Fsp3) is 0.600. The van der Waals surface area contributed by atoms with Crippen LogP contribution in [0.3, 0.4) is 0 Å². The van der Waals surface area contributed by atoms with Crippen molar-refractivity contribution >= 4 is 5.78 Å². The number of rotatable bonds is 3. The second kappa shape index (κ2) is 2.69. The monoisotopic (exact) mass is 178 g/mol. The Balaban J connectivity index is 2.27. The maximum absolute atomic E-state index is 11.9. The van der Waals surface area contributed by atoms with Gasteiger partial charge in [-0.05, 0) is 18.9 Å². The summed E-state index contributed by atoms with van der Waals surface area (Å²) in [5.41, 5.74) is -0.280. The molecular formula is C10H14N2O. The molecule has 1 aromatic heterocycles. The zero-order valence-corrected chi connectivity index (χ0v) is 8.03. The second-order valence-corrected chi connectivity index (χ2v) is 4.00. The number of aromatic nitrogens is 2. The van der Waals surface area contributed by atoms with Crippen LogP contribution in [0.2, 0.25) is 0 Å². The lowest BCUT2D eigenvalue weighted by Crippen LogP contribution is -2.31. The number of ketones is 1. The Labute approximate surface area is 77.7 Å². The van der Waals surface area contributed by atoms with Gasteiger partial charge in [-0.15, -0.1) is 0 Å². The second-order valence-electron chi connectivity index (χ2n) is 4.00. The van der Waals surface area contributed by atoms with Gasteiger partial charge in [0.15, 0.2) is 5.78 Å². The molecule has 2 rings (SSSR count). The number of hydrogen-bond donors (Lipinski definition) is 0. The third-order valence-electron chi connectivity index (χ3n) is 2.65. The van der Waals surface area contributed by atoms with E-state index in [0.717, 1.165) is 12.8 Å². The average Bonchev–Trinajstić information content (AvgIpc) is 2.72. The van der Waals surface area contributed by atoms with E-state index in [1.807, 2.05) is 30.8 Å². The molecule has 0 unspecified atom stereocenters. The van der Waals surface area contributed by atoms with Gasteiger partial charge in [-0.3, -0.25) is 9.48 Å². The molecule has 1 heterocycles. The van der Waals surface area contributed by atoms with Gasteiger partial charge < -0.3 is 0 Å². The van der Waals surface area contributed by atoms with Gasteiger partial charge in [-0.2, -0.15) is 5.10 Å². The van der Waals surface area contributed by atoms with Gasteiger partial charge in [0.05, 0.1) is 0 Å². The molecule has 0 atom stereocenters. The lowest BCUT2D eigenvalue weighted by molar-refractivity contribution is -0.126. The summed E-state index contributed by atoms with van der Waals surface area (Å²) in [7, 11) is 0. The first kappa shape index (κ1) is 8.48. The van der Waals surface area contributed by atoms with E-state index in [2.05, 4.69) is 5.10 Å². The summed E-state index contributed by atoms with van der Waals surface area (Å²) in [6.45, 7) is 3.90. The Hall–Kier alpha value is -1.12. The predicted octanol–water partition coefficient (Wildman–Crippen LogP) is 1.60. The fourth-order valence-corrected chi connectivity index (χ4v) is 1.77. The first-order valence-corrected chi connectivity index (χ1v) is 4.71. The molecule has 0 radical (unpaired) electrons. The molecule has 0 saturated heterocycles. The van der Waals surface area contributed by atoms with Gasteiger partial charge in [0.2, 0.25) is 0 Å². The Bertz CT molecular complexity index is 310. The molecule has 0 bridgehead atoms. The number of carbonyl (C=O) groups excluding carboxylic acids is 1. The van der Waals surface area contributed by atoms with Crippen molar-refractivity contribution in [1.82, 2.24) is 9.78 Å². The van der Waals surface area contributed by atoms with Crippen LogP contribution in [0.25, 0.3) is 0 Å². The van der Waals surface area contributed by atoms with Crippen molar-refractivity contribution in [2.75, 3.05) is 0 Å². The highest BCUT2D eigenvalue weighted by Gasteiger charge is 2.52. The van der Waals surface area contributed by atoms with Crippen molar-refractivity contribution in [2.45, 2.75) is 32.2 Å². The Morgan fingerprint density at radius 2 is 2.23 bits per heavy atom. The molecule has 13 heavy (non-hydrogen) atoms. The molecule has 1 fully saturated rings. The van der Waals surface area contributed by atoms with E-state index in [-0.39, 0.29) is 11.5 Å². The van der Waals surface area contributed by atoms with Gasteiger partial charge in [-0.1, -0.05) is 13.8 Å². The van der Waals surface area contributed by atoms with E-state index in [0.29, 0.717) is 5.78 Å². The largest absolute Gasteiger partial charge is 0.297 e. The smallest absolute Gasteiger partial charge is 0.162 e. The van der Waals surface area contributed by atoms with Gasteiger partial charge in [-0.25, -0.2) is 0 Å². The Morgan fingerprint density at radius 1 is 1.54 bits per heavy atom. The summed E-state index contributed by atoms with van der Waals surface area (Å²) < 4.78 is 1.81. The number of Topliss-reactive ketones (excluding diaryl/α,β-unsaturated/α-hetero) is 1. The van der Waals surface area contributed by atoms with Gasteiger partial charge in [0.25, 0.3) is 0 Å². The summed E-state index contributed by atoms with van der Waals surface area (Å²) in [5.74, 6) is 0.419. The predicted molar refractivity (Wildman–Crippen MR) is 49.3 cm³/mol. The molecule has 1 saturated carbocycles. The Morgan fingerprint density at radius 3 is 2.62 bits per heavy atom. The highest BCUT2D eigenvalue weighted by molar-refractivity contribution is 5.90. The molecule has 0 amide bonds. The first-order chi connectivity index (χ1) is 6.17. The normalized spacial score (nSPS) is 19.0. The van der Waals surface area contributed by atoms with E-state index >= 15 is 0 Å². The number of hydrogen-bond acceptors (Lipinski definition) is 2. The van der Waals surface area contributed by atoms with Crippen LogP contribution in [0, 0.1) is 5.92 Å². The van der Waals surface area contributed by atoms with Crippen molar-refractivity contribution in [3.8, 4) is 0 Å². The van der Waals surface area contributed by atoms with E-state index in [1.165, 1.54) is 0 Å². The number of nitrogens with zero attached hydrogens (tertiary/aromatic N) is 2. The third kappa shape index (κ3) is 1.19. The summed E-state index contributed by atoms with van der Waals surface area (Å²) in [4.78, 5) is 11.9. The van der Waals surface area contributed by atoms with Crippen molar-refractivity contribution in [2.24, 2.45) is 5.92 Å². The summed E-state index contributed by atoms with van der Waals surface area (Å²) in [6.07, 6.45) is 5.51. The highest BCUT2D eigenvalue weighted by Crippen LogP contribution is 2.45. The lowest BCUT2D eigenvalue weighted by atomic mass is 10.0. The molecule has 0 aliphatic heterocycles. The van der Waals surface area contributed by atoms with E-state index < -0.39 is 0 Å². The van der Waals surface area contributed by atoms with Crippen molar-refractivity contribution < 1.29 is 4.79 Å². The maximum Gasteiger partial charge on any atom is 0.162 e. The van der Waals surface area contributed by atoms with Crippen LogP contribution < -0.4 is 0 Å². The summed E-state index contributed by atoms with van der Waals surface area (Å²) >= 11 is 0. The van der Waals surface area contributed by atoms with Crippen LogP contribution in [0.1, 0.15) is 26.7 Å². The van der Waals surface area contributed by atoms with Crippen molar-refractivity contribution in [3.05, 3.63) is 18.5 Å². The summed E-state index contributed by atoms with van der Waals surface area (Å²) in [6, 6.07) is 1.87.